The molecular weight excluding hydrogens is 385 g/mol. The van der Waals surface area contributed by atoms with Crippen LogP contribution in [0.25, 0.3) is 0 Å². The number of nitrogens with zero attached hydrogens (tertiary/aromatic N) is 3. The molecule has 1 aliphatic carbocycles. The summed E-state index contributed by atoms with van der Waals surface area (Å²) >= 11 is 5.84. The van der Waals surface area contributed by atoms with Crippen LogP contribution < -0.4 is 10.6 Å². The van der Waals surface area contributed by atoms with Crippen molar-refractivity contribution in [1.82, 2.24) is 15.1 Å². The molecule has 0 bridgehead atoms. The fourth-order valence-corrected chi connectivity index (χ4v) is 4.35. The smallest absolute Gasteiger partial charge is 0.321 e. The number of urea groups is 1. The van der Waals surface area contributed by atoms with Crippen molar-refractivity contribution in [2.75, 3.05) is 31.5 Å². The summed E-state index contributed by atoms with van der Waals surface area (Å²) in [6.45, 7) is 1.36. The van der Waals surface area contributed by atoms with Gasteiger partial charge < -0.3 is 20.4 Å². The SMILES string of the molecule is N#C[C@@H]1C[C@H](F)CN1C(=O)CNC1C2CN(C(=O)Nc3ccc(Cl)cc3)CC21. The van der Waals surface area contributed by atoms with E-state index < -0.39 is 12.2 Å². The molecule has 148 valence electrons. The molecule has 3 amide bonds. The molecule has 4 atom stereocenters. The summed E-state index contributed by atoms with van der Waals surface area (Å²) in [6, 6.07) is 8.30. The number of nitrogens with one attached hydrogen (secondary N) is 2. The van der Waals surface area contributed by atoms with Crippen LogP contribution in [0.1, 0.15) is 6.42 Å². The van der Waals surface area contributed by atoms with Gasteiger partial charge in [0, 0.05) is 36.3 Å². The van der Waals surface area contributed by atoms with E-state index in [2.05, 4.69) is 10.6 Å². The van der Waals surface area contributed by atoms with Crippen LogP contribution in [-0.2, 0) is 4.79 Å². The van der Waals surface area contributed by atoms with Crippen molar-refractivity contribution in [3.63, 3.8) is 0 Å². The standard InChI is InChI=1S/C19H21ClFN5O2/c20-11-1-3-13(4-2-11)24-19(28)25-9-15-16(10-25)18(15)23-7-17(27)26-8-12(21)5-14(26)6-22/h1-4,12,14-16,18,23H,5,7-10H2,(H,24,28)/t12-,14-,15?,16?,18?/m0/s1. The summed E-state index contributed by atoms with van der Waals surface area (Å²) in [6.07, 6.45) is -1.03. The van der Waals surface area contributed by atoms with Gasteiger partial charge in [0.15, 0.2) is 0 Å². The van der Waals surface area contributed by atoms with E-state index in [1.807, 2.05) is 6.07 Å². The second-order valence-corrected chi connectivity index (χ2v) is 8.04. The van der Waals surface area contributed by atoms with E-state index in [1.165, 1.54) is 4.90 Å². The molecule has 2 aliphatic heterocycles. The molecule has 28 heavy (non-hydrogen) atoms. The molecule has 3 aliphatic rings. The van der Waals surface area contributed by atoms with Crippen LogP contribution in [0.2, 0.25) is 5.02 Å². The number of likely N-dealkylation sites (tertiary alicyclic amines) is 2. The molecule has 0 aromatic heterocycles. The van der Waals surface area contributed by atoms with Gasteiger partial charge in [-0.25, -0.2) is 9.18 Å². The number of nitriles is 1. The average Bonchev–Trinajstić information content (AvgIpc) is 3.00. The van der Waals surface area contributed by atoms with Crippen LogP contribution in [0.5, 0.6) is 0 Å². The minimum absolute atomic E-state index is 0.00505. The van der Waals surface area contributed by atoms with Gasteiger partial charge in [-0.1, -0.05) is 11.6 Å². The molecule has 7 nitrogen and oxygen atoms in total. The molecule has 0 spiro atoms. The van der Waals surface area contributed by atoms with E-state index in [9.17, 15) is 14.0 Å². The number of fused-ring (bicyclic) bond motifs is 1. The predicted octanol–water partition coefficient (Wildman–Crippen LogP) is 1.85. The normalized spacial score (nSPS) is 30.7. The predicted molar refractivity (Wildman–Crippen MR) is 101 cm³/mol. The molecule has 9 heteroatoms. The largest absolute Gasteiger partial charge is 0.324 e. The second kappa shape index (κ2) is 7.57. The van der Waals surface area contributed by atoms with E-state index in [0.717, 1.165) is 0 Å². The number of rotatable bonds is 4. The molecule has 1 aromatic rings. The molecule has 1 saturated carbocycles. The Kier molecular flexibility index (Phi) is 5.13. The quantitative estimate of drug-likeness (QED) is 0.800. The minimum Gasteiger partial charge on any atom is -0.324 e. The van der Waals surface area contributed by atoms with Gasteiger partial charge in [0.25, 0.3) is 0 Å². The lowest BCUT2D eigenvalue weighted by Crippen LogP contribution is -2.43. The first-order valence-electron chi connectivity index (χ1n) is 9.34. The number of amides is 3. The Bertz CT molecular complexity index is 802. The summed E-state index contributed by atoms with van der Waals surface area (Å²) in [5.74, 6) is 0.403. The van der Waals surface area contributed by atoms with Crippen LogP contribution >= 0.6 is 11.6 Å². The average molecular weight is 406 g/mol. The van der Waals surface area contributed by atoms with Gasteiger partial charge in [-0.2, -0.15) is 5.26 Å². The zero-order valence-corrected chi connectivity index (χ0v) is 15.9. The Hall–Kier alpha value is -2.37. The zero-order valence-electron chi connectivity index (χ0n) is 15.1. The number of carbonyl (C=O) groups excluding carboxylic acids is 2. The van der Waals surface area contributed by atoms with Gasteiger partial charge in [-0.05, 0) is 36.1 Å². The highest BCUT2D eigenvalue weighted by molar-refractivity contribution is 6.30. The van der Waals surface area contributed by atoms with Gasteiger partial charge in [-0.3, -0.25) is 4.79 Å². The Morgan fingerprint density at radius 1 is 1.21 bits per heavy atom. The lowest BCUT2D eigenvalue weighted by Gasteiger charge is -2.22. The van der Waals surface area contributed by atoms with E-state index in [4.69, 9.17) is 16.9 Å². The molecule has 4 rings (SSSR count). The Labute approximate surface area is 167 Å². The summed E-state index contributed by atoms with van der Waals surface area (Å²) in [5, 5.41) is 15.7. The van der Waals surface area contributed by atoms with E-state index >= 15 is 0 Å². The van der Waals surface area contributed by atoms with E-state index in [1.54, 1.807) is 29.2 Å². The topological polar surface area (TPSA) is 88.5 Å². The second-order valence-electron chi connectivity index (χ2n) is 7.60. The molecule has 1 aromatic carbocycles. The molecule has 2 unspecified atom stereocenters. The lowest BCUT2D eigenvalue weighted by atomic mass is 10.2. The van der Waals surface area contributed by atoms with E-state index in [-0.39, 0.29) is 37.5 Å². The Balaban J connectivity index is 1.21. The highest BCUT2D eigenvalue weighted by atomic mass is 35.5. The summed E-state index contributed by atoms with van der Waals surface area (Å²) in [5.41, 5.74) is 0.694. The summed E-state index contributed by atoms with van der Waals surface area (Å²) in [4.78, 5) is 27.7. The van der Waals surface area contributed by atoms with Gasteiger partial charge in [0.2, 0.25) is 5.91 Å². The third-order valence-electron chi connectivity index (χ3n) is 5.79. The summed E-state index contributed by atoms with van der Waals surface area (Å²) < 4.78 is 13.4. The van der Waals surface area contributed by atoms with Crippen molar-refractivity contribution in [1.29, 1.82) is 5.26 Å². The fraction of sp³-hybridized carbons (Fsp3) is 0.526. The number of hydrogen-bond acceptors (Lipinski definition) is 4. The third-order valence-corrected chi connectivity index (χ3v) is 6.04. The number of hydrogen-bond donors (Lipinski definition) is 2. The van der Waals surface area contributed by atoms with Gasteiger partial charge in [0.05, 0.1) is 19.2 Å². The maximum atomic E-state index is 13.4. The first-order chi connectivity index (χ1) is 13.5. The maximum Gasteiger partial charge on any atom is 0.321 e. The van der Waals surface area contributed by atoms with Crippen LogP contribution in [-0.4, -0.2) is 66.2 Å². The Morgan fingerprint density at radius 3 is 2.54 bits per heavy atom. The van der Waals surface area contributed by atoms with Gasteiger partial charge >= 0.3 is 6.03 Å². The monoisotopic (exact) mass is 405 g/mol. The molecule has 2 saturated heterocycles. The number of halogens is 2. The van der Waals surface area contributed by atoms with Crippen molar-refractivity contribution in [3.8, 4) is 6.07 Å². The molecular formula is C19H21ClFN5O2. The molecule has 3 fully saturated rings. The van der Waals surface area contributed by atoms with Crippen molar-refractivity contribution in [2.45, 2.75) is 24.7 Å². The zero-order chi connectivity index (χ0) is 19.8. The van der Waals surface area contributed by atoms with Crippen LogP contribution in [0, 0.1) is 23.2 Å². The number of benzene rings is 1. The Morgan fingerprint density at radius 2 is 1.89 bits per heavy atom. The molecule has 2 heterocycles. The third kappa shape index (κ3) is 3.77. The van der Waals surface area contributed by atoms with Crippen molar-refractivity contribution in [2.24, 2.45) is 11.8 Å². The fourth-order valence-electron chi connectivity index (χ4n) is 4.22. The number of alkyl halides is 1. The lowest BCUT2D eigenvalue weighted by molar-refractivity contribution is -0.130. The van der Waals surface area contributed by atoms with Crippen LogP contribution in [0.4, 0.5) is 14.9 Å². The molecule has 2 N–H and O–H groups in total. The van der Waals surface area contributed by atoms with Crippen molar-refractivity contribution in [3.05, 3.63) is 29.3 Å². The number of carbonyl (C=O) groups is 2. The summed E-state index contributed by atoms with van der Waals surface area (Å²) in [7, 11) is 0. The highest BCUT2D eigenvalue weighted by Gasteiger charge is 2.56. The number of piperidine rings is 1. The first-order valence-corrected chi connectivity index (χ1v) is 9.72. The van der Waals surface area contributed by atoms with Crippen molar-refractivity contribution < 1.29 is 14.0 Å². The van der Waals surface area contributed by atoms with Crippen LogP contribution in [0.15, 0.2) is 24.3 Å². The highest BCUT2D eigenvalue weighted by Crippen LogP contribution is 2.45. The minimum atomic E-state index is -1.12. The van der Waals surface area contributed by atoms with Crippen LogP contribution in [0.3, 0.4) is 0 Å². The van der Waals surface area contributed by atoms with Gasteiger partial charge in [-0.15, -0.1) is 0 Å². The first kappa shape index (κ1) is 19.0. The van der Waals surface area contributed by atoms with Crippen molar-refractivity contribution >= 4 is 29.2 Å². The van der Waals surface area contributed by atoms with Gasteiger partial charge in [0.1, 0.15) is 12.2 Å². The maximum absolute atomic E-state index is 13.4. The molecule has 0 radical (unpaired) electrons. The van der Waals surface area contributed by atoms with E-state index in [0.29, 0.717) is 35.6 Å². The number of anilines is 1.